The van der Waals surface area contributed by atoms with Gasteiger partial charge in [-0.15, -0.1) is 0 Å². The van der Waals surface area contributed by atoms with Gasteiger partial charge >= 0.3 is 6.03 Å². The summed E-state index contributed by atoms with van der Waals surface area (Å²) < 4.78 is 0. The molecule has 1 aliphatic heterocycles. The number of carbonyl (C=O) groups is 2. The fourth-order valence-corrected chi connectivity index (χ4v) is 1.33. The molecule has 1 unspecified atom stereocenters. The molecule has 0 spiro atoms. The molecular formula is C8H14N2O2. The molecule has 0 saturated carbocycles. The molecule has 0 bridgehead atoms. The van der Waals surface area contributed by atoms with Crippen molar-refractivity contribution in [2.75, 3.05) is 0 Å². The summed E-state index contributed by atoms with van der Waals surface area (Å²) in [6, 6.07) is -0.348. The van der Waals surface area contributed by atoms with E-state index in [1.165, 1.54) is 4.90 Å². The molecule has 1 rings (SSSR count). The van der Waals surface area contributed by atoms with Gasteiger partial charge in [0.05, 0.1) is 0 Å². The van der Waals surface area contributed by atoms with Crippen LogP contribution in [0.1, 0.15) is 27.2 Å². The van der Waals surface area contributed by atoms with E-state index in [4.69, 9.17) is 0 Å². The maximum atomic E-state index is 11.3. The third kappa shape index (κ3) is 1.57. The molecule has 0 aromatic carbocycles. The molecule has 68 valence electrons. The zero-order valence-corrected chi connectivity index (χ0v) is 7.63. The number of hydrogen-bond donors (Lipinski definition) is 1. The van der Waals surface area contributed by atoms with Crippen molar-refractivity contribution in [3.05, 3.63) is 0 Å². The van der Waals surface area contributed by atoms with Crippen LogP contribution in [0.5, 0.6) is 0 Å². The molecule has 1 saturated heterocycles. The first-order valence-electron chi connectivity index (χ1n) is 4.15. The number of rotatable bonds is 1. The van der Waals surface area contributed by atoms with E-state index < -0.39 is 0 Å². The second-order valence-corrected chi connectivity index (χ2v) is 3.41. The summed E-state index contributed by atoms with van der Waals surface area (Å²) in [4.78, 5) is 23.8. The highest BCUT2D eigenvalue weighted by atomic mass is 16.2. The Morgan fingerprint density at radius 1 is 1.50 bits per heavy atom. The lowest BCUT2D eigenvalue weighted by atomic mass is 10.1. The molecule has 12 heavy (non-hydrogen) atoms. The summed E-state index contributed by atoms with van der Waals surface area (Å²) in [7, 11) is 0. The minimum atomic E-state index is -0.270. The Kier molecular flexibility index (Phi) is 2.35. The lowest BCUT2D eigenvalue weighted by Crippen LogP contribution is -2.56. The molecule has 0 radical (unpaired) electrons. The molecule has 0 aromatic heterocycles. The Labute approximate surface area is 71.9 Å². The molecule has 1 fully saturated rings. The highest BCUT2D eigenvalue weighted by Gasteiger charge is 2.31. The molecule has 0 aromatic rings. The average Bonchev–Trinajstić information content (AvgIpc) is 1.82. The minimum absolute atomic E-state index is 0.0278. The van der Waals surface area contributed by atoms with Gasteiger partial charge in [0, 0.05) is 18.5 Å². The summed E-state index contributed by atoms with van der Waals surface area (Å²) in [5, 5.41) is 2.71. The Hall–Kier alpha value is -1.06. The molecule has 3 amide bonds. The van der Waals surface area contributed by atoms with Crippen molar-refractivity contribution in [1.29, 1.82) is 0 Å². The number of hydrogen-bond acceptors (Lipinski definition) is 2. The van der Waals surface area contributed by atoms with Gasteiger partial charge in [-0.1, -0.05) is 0 Å². The van der Waals surface area contributed by atoms with Crippen LogP contribution in [0.15, 0.2) is 0 Å². The number of urea groups is 1. The lowest BCUT2D eigenvalue weighted by Gasteiger charge is -2.32. The Bertz CT molecular complexity index is 195. The summed E-state index contributed by atoms with van der Waals surface area (Å²) in [5.74, 6) is -0.0822. The van der Waals surface area contributed by atoms with Crippen molar-refractivity contribution >= 4 is 11.9 Å². The van der Waals surface area contributed by atoms with E-state index in [0.29, 0.717) is 6.42 Å². The molecule has 4 heteroatoms. The largest absolute Gasteiger partial charge is 0.335 e. The SMILES string of the molecule is CC1CC(=O)N(C(C)C)C(=O)N1. The maximum absolute atomic E-state index is 11.3. The van der Waals surface area contributed by atoms with Crippen LogP contribution in [0.2, 0.25) is 0 Å². The van der Waals surface area contributed by atoms with Crippen LogP contribution in [0.3, 0.4) is 0 Å². The smallest absolute Gasteiger partial charge is 0.324 e. The van der Waals surface area contributed by atoms with Gasteiger partial charge in [-0.05, 0) is 20.8 Å². The molecule has 1 heterocycles. The van der Waals surface area contributed by atoms with E-state index in [9.17, 15) is 9.59 Å². The fourth-order valence-electron chi connectivity index (χ4n) is 1.33. The van der Waals surface area contributed by atoms with Gasteiger partial charge in [0.2, 0.25) is 5.91 Å². The van der Waals surface area contributed by atoms with Crippen LogP contribution in [0.4, 0.5) is 4.79 Å². The normalized spacial score (nSPS) is 24.7. The van der Waals surface area contributed by atoms with Crippen LogP contribution >= 0.6 is 0 Å². The predicted octanol–water partition coefficient (Wildman–Crippen LogP) is 0.725. The van der Waals surface area contributed by atoms with E-state index in [1.807, 2.05) is 20.8 Å². The monoisotopic (exact) mass is 170 g/mol. The van der Waals surface area contributed by atoms with Crippen molar-refractivity contribution in [3.8, 4) is 0 Å². The zero-order valence-electron chi connectivity index (χ0n) is 7.63. The summed E-state index contributed by atoms with van der Waals surface area (Å²) in [5.41, 5.74) is 0. The Morgan fingerprint density at radius 3 is 2.50 bits per heavy atom. The molecule has 1 aliphatic rings. The third-order valence-electron chi connectivity index (χ3n) is 1.85. The van der Waals surface area contributed by atoms with Crippen molar-refractivity contribution in [2.24, 2.45) is 0 Å². The van der Waals surface area contributed by atoms with Crippen molar-refractivity contribution < 1.29 is 9.59 Å². The van der Waals surface area contributed by atoms with Gasteiger partial charge in [-0.2, -0.15) is 0 Å². The van der Waals surface area contributed by atoms with Gasteiger partial charge in [-0.3, -0.25) is 9.69 Å². The molecule has 1 N–H and O–H groups in total. The lowest BCUT2D eigenvalue weighted by molar-refractivity contribution is -0.131. The molecular weight excluding hydrogens is 156 g/mol. The van der Waals surface area contributed by atoms with Crippen molar-refractivity contribution in [3.63, 3.8) is 0 Å². The molecule has 1 atom stereocenters. The van der Waals surface area contributed by atoms with E-state index >= 15 is 0 Å². The number of nitrogens with zero attached hydrogens (tertiary/aromatic N) is 1. The average molecular weight is 170 g/mol. The second-order valence-electron chi connectivity index (χ2n) is 3.41. The zero-order chi connectivity index (χ0) is 9.30. The van der Waals surface area contributed by atoms with Crippen molar-refractivity contribution in [1.82, 2.24) is 10.2 Å². The van der Waals surface area contributed by atoms with Crippen LogP contribution < -0.4 is 5.32 Å². The Morgan fingerprint density at radius 2 is 2.08 bits per heavy atom. The first kappa shape index (κ1) is 9.03. The van der Waals surface area contributed by atoms with Crippen LogP contribution in [0, 0.1) is 0 Å². The summed E-state index contributed by atoms with van der Waals surface area (Å²) >= 11 is 0. The van der Waals surface area contributed by atoms with Gasteiger partial charge in [0.1, 0.15) is 0 Å². The fraction of sp³-hybridized carbons (Fsp3) is 0.750. The maximum Gasteiger partial charge on any atom is 0.324 e. The van der Waals surface area contributed by atoms with E-state index in [2.05, 4.69) is 5.32 Å². The van der Waals surface area contributed by atoms with Gasteiger partial charge in [-0.25, -0.2) is 4.79 Å². The van der Waals surface area contributed by atoms with Crippen LogP contribution in [-0.2, 0) is 4.79 Å². The van der Waals surface area contributed by atoms with E-state index in [-0.39, 0.29) is 24.0 Å². The van der Waals surface area contributed by atoms with E-state index in [0.717, 1.165) is 0 Å². The number of imide groups is 1. The van der Waals surface area contributed by atoms with Crippen molar-refractivity contribution in [2.45, 2.75) is 39.3 Å². The standard InChI is InChI=1S/C8H14N2O2/c1-5(2)10-7(11)4-6(3)9-8(10)12/h5-6H,4H2,1-3H3,(H,9,12). The predicted molar refractivity (Wildman–Crippen MR) is 44.6 cm³/mol. The van der Waals surface area contributed by atoms with Gasteiger partial charge < -0.3 is 5.32 Å². The minimum Gasteiger partial charge on any atom is -0.335 e. The third-order valence-corrected chi connectivity index (χ3v) is 1.85. The molecule has 0 aliphatic carbocycles. The topological polar surface area (TPSA) is 49.4 Å². The first-order chi connectivity index (χ1) is 5.52. The highest BCUT2D eigenvalue weighted by Crippen LogP contribution is 2.10. The number of carbonyl (C=O) groups excluding carboxylic acids is 2. The summed E-state index contributed by atoms with van der Waals surface area (Å²) in [6.07, 6.45) is 0.407. The van der Waals surface area contributed by atoms with Gasteiger partial charge in [0.15, 0.2) is 0 Å². The van der Waals surface area contributed by atoms with Crippen LogP contribution in [0.25, 0.3) is 0 Å². The summed E-state index contributed by atoms with van der Waals surface area (Å²) in [6.45, 7) is 5.48. The van der Waals surface area contributed by atoms with E-state index in [1.54, 1.807) is 0 Å². The first-order valence-corrected chi connectivity index (χ1v) is 4.15. The van der Waals surface area contributed by atoms with Crippen LogP contribution in [-0.4, -0.2) is 28.9 Å². The number of amides is 3. The molecule has 4 nitrogen and oxygen atoms in total. The number of nitrogens with one attached hydrogen (secondary N) is 1. The highest BCUT2D eigenvalue weighted by molar-refractivity contribution is 5.97. The second kappa shape index (κ2) is 3.13. The van der Waals surface area contributed by atoms with Gasteiger partial charge in [0.25, 0.3) is 0 Å². The Balaban J connectivity index is 2.74. The quantitative estimate of drug-likeness (QED) is 0.630.